The summed E-state index contributed by atoms with van der Waals surface area (Å²) in [5.41, 5.74) is -0.763. The maximum atomic E-state index is 13.3. The number of hydrogen-bond acceptors (Lipinski definition) is 8. The van der Waals surface area contributed by atoms with Gasteiger partial charge in [-0.05, 0) is 63.2 Å². The van der Waals surface area contributed by atoms with Gasteiger partial charge in [-0.25, -0.2) is 4.79 Å². The molecule has 34 heavy (non-hydrogen) atoms. The van der Waals surface area contributed by atoms with Gasteiger partial charge >= 0.3 is 11.9 Å². The van der Waals surface area contributed by atoms with Crippen molar-refractivity contribution in [2.24, 2.45) is 0 Å². The van der Waals surface area contributed by atoms with Gasteiger partial charge in [-0.2, -0.15) is 5.26 Å². The lowest BCUT2D eigenvalue weighted by Crippen LogP contribution is -2.60. The topological polar surface area (TPSA) is 135 Å². The van der Waals surface area contributed by atoms with Gasteiger partial charge in [0.15, 0.2) is 0 Å². The largest absolute Gasteiger partial charge is 0.465 e. The van der Waals surface area contributed by atoms with E-state index in [1.165, 1.54) is 49.4 Å². The highest BCUT2D eigenvalue weighted by molar-refractivity contribution is 6.16. The standard InChI is InChI=1S/C24H23N3O7/c1-4-32-20(28)14-27-18-12-17(26-21(29)16-8-6-15(13-25)7-9-16)10-11-19(18)34-24(3,22(27)30)23(31)33-5-2/h6-12H,4-5,14H2,1-3H3,(H,26,29). The molecule has 0 saturated carbocycles. The van der Waals surface area contributed by atoms with Gasteiger partial charge in [-0.15, -0.1) is 0 Å². The molecule has 1 aliphatic rings. The lowest BCUT2D eigenvalue weighted by molar-refractivity contribution is -0.166. The summed E-state index contributed by atoms with van der Waals surface area (Å²) >= 11 is 0. The number of amides is 2. The van der Waals surface area contributed by atoms with E-state index in [0.717, 1.165) is 4.90 Å². The summed E-state index contributed by atoms with van der Waals surface area (Å²) in [6.45, 7) is 4.18. The summed E-state index contributed by atoms with van der Waals surface area (Å²) in [6, 6.07) is 12.5. The van der Waals surface area contributed by atoms with Crippen molar-refractivity contribution in [1.82, 2.24) is 0 Å². The fourth-order valence-electron chi connectivity index (χ4n) is 3.31. The molecule has 0 aliphatic carbocycles. The number of benzene rings is 2. The summed E-state index contributed by atoms with van der Waals surface area (Å²) in [5.74, 6) is -2.67. The molecule has 2 aromatic rings. The van der Waals surface area contributed by atoms with E-state index < -0.39 is 35.9 Å². The third-order valence-electron chi connectivity index (χ3n) is 5.01. The number of carbonyl (C=O) groups excluding carboxylic acids is 4. The third kappa shape index (κ3) is 4.83. The van der Waals surface area contributed by atoms with Gasteiger partial charge in [0.05, 0.1) is 30.5 Å². The van der Waals surface area contributed by atoms with Crippen LogP contribution in [0.2, 0.25) is 0 Å². The molecule has 10 nitrogen and oxygen atoms in total. The minimum absolute atomic E-state index is 0.0378. The molecule has 1 unspecified atom stereocenters. The number of fused-ring (bicyclic) bond motifs is 1. The maximum absolute atomic E-state index is 13.3. The summed E-state index contributed by atoms with van der Waals surface area (Å²) in [4.78, 5) is 51.7. The molecule has 2 amide bonds. The number of nitriles is 1. The van der Waals surface area contributed by atoms with Crippen LogP contribution in [0.3, 0.4) is 0 Å². The van der Waals surface area contributed by atoms with Crippen molar-refractivity contribution >= 4 is 35.1 Å². The Morgan fingerprint density at radius 2 is 1.76 bits per heavy atom. The fraction of sp³-hybridized carbons (Fsp3) is 0.292. The van der Waals surface area contributed by atoms with Crippen LogP contribution in [0.4, 0.5) is 11.4 Å². The average Bonchev–Trinajstić information content (AvgIpc) is 2.82. The van der Waals surface area contributed by atoms with Gasteiger partial charge in [0.25, 0.3) is 17.4 Å². The molecule has 0 fully saturated rings. The average molecular weight is 465 g/mol. The zero-order chi connectivity index (χ0) is 24.9. The first-order valence-electron chi connectivity index (χ1n) is 10.5. The molecular weight excluding hydrogens is 442 g/mol. The Balaban J connectivity index is 1.95. The maximum Gasteiger partial charge on any atom is 0.360 e. The Kier molecular flexibility index (Phi) is 7.16. The minimum atomic E-state index is -2.00. The molecule has 0 radical (unpaired) electrons. The second-order valence-electron chi connectivity index (χ2n) is 7.38. The molecule has 1 aliphatic heterocycles. The van der Waals surface area contributed by atoms with Crippen LogP contribution in [0.25, 0.3) is 0 Å². The number of esters is 2. The summed E-state index contributed by atoms with van der Waals surface area (Å²) in [7, 11) is 0. The van der Waals surface area contributed by atoms with Crippen molar-refractivity contribution in [2.75, 3.05) is 30.0 Å². The normalized spacial score (nSPS) is 16.5. The van der Waals surface area contributed by atoms with E-state index in [2.05, 4.69) is 5.32 Å². The number of anilines is 2. The highest BCUT2D eigenvalue weighted by Gasteiger charge is 2.52. The summed E-state index contributed by atoms with van der Waals surface area (Å²) in [6.07, 6.45) is 0. The van der Waals surface area contributed by atoms with Crippen LogP contribution in [-0.4, -0.2) is 49.1 Å². The second-order valence-corrected chi connectivity index (χ2v) is 7.38. The van der Waals surface area contributed by atoms with Crippen LogP contribution in [-0.2, 0) is 23.9 Å². The Labute approximate surface area is 196 Å². The molecule has 10 heteroatoms. The van der Waals surface area contributed by atoms with E-state index in [4.69, 9.17) is 19.5 Å². The van der Waals surface area contributed by atoms with E-state index in [9.17, 15) is 19.2 Å². The Morgan fingerprint density at radius 1 is 1.09 bits per heavy atom. The van der Waals surface area contributed by atoms with Crippen LogP contribution in [0.5, 0.6) is 5.75 Å². The van der Waals surface area contributed by atoms with Crippen LogP contribution in [0, 0.1) is 11.3 Å². The van der Waals surface area contributed by atoms with E-state index in [0.29, 0.717) is 16.8 Å². The van der Waals surface area contributed by atoms with Crippen molar-refractivity contribution in [2.45, 2.75) is 26.4 Å². The highest BCUT2D eigenvalue weighted by atomic mass is 16.6. The molecule has 3 rings (SSSR count). The number of hydrogen-bond donors (Lipinski definition) is 1. The van der Waals surface area contributed by atoms with Crippen molar-refractivity contribution in [3.05, 3.63) is 53.6 Å². The smallest absolute Gasteiger partial charge is 0.360 e. The SMILES string of the molecule is CCOC(=O)CN1C(=O)C(C)(C(=O)OCC)Oc2ccc(NC(=O)c3ccc(C#N)cc3)cc21. The molecule has 1 heterocycles. The first-order chi connectivity index (χ1) is 16.2. The van der Waals surface area contributed by atoms with Crippen LogP contribution in [0.1, 0.15) is 36.7 Å². The molecular formula is C24H23N3O7. The number of ether oxygens (including phenoxy) is 3. The zero-order valence-corrected chi connectivity index (χ0v) is 18.9. The highest BCUT2D eigenvalue weighted by Crippen LogP contribution is 2.40. The van der Waals surface area contributed by atoms with Crippen molar-refractivity contribution < 1.29 is 33.4 Å². The van der Waals surface area contributed by atoms with E-state index in [1.54, 1.807) is 13.8 Å². The molecule has 0 saturated heterocycles. The number of nitrogens with zero attached hydrogens (tertiary/aromatic N) is 2. The molecule has 2 aromatic carbocycles. The van der Waals surface area contributed by atoms with Crippen molar-refractivity contribution in [1.29, 1.82) is 5.26 Å². The summed E-state index contributed by atoms with van der Waals surface area (Å²) in [5, 5.41) is 11.6. The molecule has 1 N–H and O–H groups in total. The Morgan fingerprint density at radius 3 is 2.38 bits per heavy atom. The van der Waals surface area contributed by atoms with Gasteiger partial charge in [-0.3, -0.25) is 19.3 Å². The van der Waals surface area contributed by atoms with Gasteiger partial charge in [0.2, 0.25) is 0 Å². The van der Waals surface area contributed by atoms with Crippen LogP contribution < -0.4 is 15.0 Å². The van der Waals surface area contributed by atoms with Gasteiger partial charge in [0, 0.05) is 11.3 Å². The van der Waals surface area contributed by atoms with Crippen LogP contribution >= 0.6 is 0 Å². The molecule has 0 aromatic heterocycles. The van der Waals surface area contributed by atoms with Crippen molar-refractivity contribution in [3.8, 4) is 11.8 Å². The third-order valence-corrected chi connectivity index (χ3v) is 5.01. The number of nitrogens with one attached hydrogen (secondary N) is 1. The van der Waals surface area contributed by atoms with E-state index in [-0.39, 0.29) is 24.7 Å². The van der Waals surface area contributed by atoms with Crippen molar-refractivity contribution in [3.63, 3.8) is 0 Å². The summed E-state index contributed by atoms with van der Waals surface area (Å²) < 4.78 is 15.7. The lowest BCUT2D eigenvalue weighted by atomic mass is 10.0. The minimum Gasteiger partial charge on any atom is -0.465 e. The number of carbonyl (C=O) groups is 4. The lowest BCUT2D eigenvalue weighted by Gasteiger charge is -2.38. The predicted molar refractivity (Wildman–Crippen MR) is 120 cm³/mol. The van der Waals surface area contributed by atoms with Gasteiger partial charge in [0.1, 0.15) is 12.3 Å². The molecule has 176 valence electrons. The Bertz CT molecular complexity index is 1170. The van der Waals surface area contributed by atoms with E-state index >= 15 is 0 Å². The fourth-order valence-corrected chi connectivity index (χ4v) is 3.31. The molecule has 1 atom stereocenters. The predicted octanol–water partition coefficient (Wildman–Crippen LogP) is 2.42. The molecule has 0 spiro atoms. The second kappa shape index (κ2) is 10.0. The first kappa shape index (κ1) is 24.3. The Hall–Kier alpha value is -4.39. The van der Waals surface area contributed by atoms with Gasteiger partial charge < -0.3 is 19.5 Å². The van der Waals surface area contributed by atoms with Crippen LogP contribution in [0.15, 0.2) is 42.5 Å². The number of rotatable bonds is 7. The van der Waals surface area contributed by atoms with E-state index in [1.807, 2.05) is 6.07 Å². The monoisotopic (exact) mass is 465 g/mol. The first-order valence-corrected chi connectivity index (χ1v) is 10.5. The quantitative estimate of drug-likeness (QED) is 0.487. The molecule has 0 bridgehead atoms. The van der Waals surface area contributed by atoms with Gasteiger partial charge in [-0.1, -0.05) is 0 Å². The zero-order valence-electron chi connectivity index (χ0n) is 18.9.